The van der Waals surface area contributed by atoms with Gasteiger partial charge in [0.05, 0.1) is 0 Å². The van der Waals surface area contributed by atoms with Gasteiger partial charge >= 0.3 is 0 Å². The second kappa shape index (κ2) is 6.86. The van der Waals surface area contributed by atoms with Crippen molar-refractivity contribution in [1.82, 2.24) is 4.90 Å². The maximum Gasteiger partial charge on any atom is 0.219 e. The number of primary amides is 1. The minimum absolute atomic E-state index is 0.146. The van der Waals surface area contributed by atoms with Crippen molar-refractivity contribution >= 4 is 5.91 Å². The van der Waals surface area contributed by atoms with Crippen LogP contribution in [0.25, 0.3) is 0 Å². The van der Waals surface area contributed by atoms with Gasteiger partial charge in [0.1, 0.15) is 0 Å². The van der Waals surface area contributed by atoms with Crippen molar-refractivity contribution in [2.24, 2.45) is 17.4 Å². The lowest BCUT2D eigenvalue weighted by Crippen LogP contribution is -2.43. The van der Waals surface area contributed by atoms with E-state index < -0.39 is 0 Å². The molecular weight excluding hydrogens is 202 g/mol. The number of nitrogens with zero attached hydrogens (tertiary/aromatic N) is 1. The molecule has 1 fully saturated rings. The van der Waals surface area contributed by atoms with Crippen LogP contribution in [0.5, 0.6) is 0 Å². The lowest BCUT2D eigenvalue weighted by Gasteiger charge is -2.28. The Kier molecular flexibility index (Phi) is 5.77. The van der Waals surface area contributed by atoms with Crippen LogP contribution < -0.4 is 11.5 Å². The summed E-state index contributed by atoms with van der Waals surface area (Å²) in [6.45, 7) is 4.91. The van der Waals surface area contributed by atoms with Gasteiger partial charge in [0.25, 0.3) is 0 Å². The molecule has 1 aliphatic heterocycles. The van der Waals surface area contributed by atoms with Gasteiger partial charge in [-0.25, -0.2) is 0 Å². The van der Waals surface area contributed by atoms with E-state index in [4.69, 9.17) is 11.5 Å². The third-order valence-electron chi connectivity index (χ3n) is 3.68. The Balaban J connectivity index is 2.47. The minimum Gasteiger partial charge on any atom is -0.370 e. The van der Waals surface area contributed by atoms with Crippen molar-refractivity contribution in [3.8, 4) is 0 Å². The molecule has 0 saturated carbocycles. The number of nitrogens with two attached hydrogens (primary N) is 2. The van der Waals surface area contributed by atoms with E-state index in [2.05, 4.69) is 11.8 Å². The zero-order chi connectivity index (χ0) is 12.0. The van der Waals surface area contributed by atoms with E-state index in [0.717, 1.165) is 19.0 Å². The summed E-state index contributed by atoms with van der Waals surface area (Å²) in [6.07, 6.45) is 5.41. The molecule has 0 aromatic heterocycles. The average molecular weight is 227 g/mol. The molecule has 0 spiro atoms. The number of carbonyl (C=O) groups excluding carboxylic acids is 1. The van der Waals surface area contributed by atoms with Crippen LogP contribution in [0.15, 0.2) is 0 Å². The maximum absolute atomic E-state index is 11.0. The summed E-state index contributed by atoms with van der Waals surface area (Å²) in [4.78, 5) is 13.3. The van der Waals surface area contributed by atoms with Crippen molar-refractivity contribution in [2.75, 3.05) is 19.6 Å². The Morgan fingerprint density at radius 1 is 1.44 bits per heavy atom. The van der Waals surface area contributed by atoms with E-state index in [-0.39, 0.29) is 11.9 Å². The maximum atomic E-state index is 11.0. The predicted octanol–water partition coefficient (Wildman–Crippen LogP) is 0.701. The Bertz CT molecular complexity index is 220. The Hall–Kier alpha value is -0.610. The molecule has 2 unspecified atom stereocenters. The fraction of sp³-hybridized carbons (Fsp3) is 0.917. The van der Waals surface area contributed by atoms with Crippen LogP contribution in [0.3, 0.4) is 0 Å². The molecule has 0 aliphatic carbocycles. The van der Waals surface area contributed by atoms with Gasteiger partial charge in [0, 0.05) is 19.0 Å². The highest BCUT2D eigenvalue weighted by Gasteiger charge is 2.22. The Morgan fingerprint density at radius 2 is 2.19 bits per heavy atom. The Labute approximate surface area is 98.3 Å². The SMILES string of the molecule is CCC1CCCN(C(CN)CC(N)=O)CC1. The summed E-state index contributed by atoms with van der Waals surface area (Å²) >= 11 is 0. The van der Waals surface area contributed by atoms with Gasteiger partial charge in [-0.05, 0) is 38.3 Å². The van der Waals surface area contributed by atoms with E-state index in [1.165, 1.54) is 25.7 Å². The van der Waals surface area contributed by atoms with Gasteiger partial charge in [-0.1, -0.05) is 13.3 Å². The van der Waals surface area contributed by atoms with Crippen molar-refractivity contribution in [2.45, 2.75) is 45.1 Å². The van der Waals surface area contributed by atoms with Gasteiger partial charge in [0.15, 0.2) is 0 Å². The molecule has 16 heavy (non-hydrogen) atoms. The second-order valence-corrected chi connectivity index (χ2v) is 4.80. The normalized spacial score (nSPS) is 25.0. The van der Waals surface area contributed by atoms with Crippen molar-refractivity contribution in [3.05, 3.63) is 0 Å². The van der Waals surface area contributed by atoms with Gasteiger partial charge in [-0.2, -0.15) is 0 Å². The molecule has 0 aromatic carbocycles. The van der Waals surface area contributed by atoms with E-state index in [9.17, 15) is 4.79 Å². The van der Waals surface area contributed by atoms with Gasteiger partial charge in [0.2, 0.25) is 5.91 Å². The molecule has 94 valence electrons. The summed E-state index contributed by atoms with van der Waals surface area (Å²) in [5.41, 5.74) is 11.0. The molecule has 2 atom stereocenters. The van der Waals surface area contributed by atoms with Crippen LogP contribution in [-0.2, 0) is 4.79 Å². The molecule has 1 saturated heterocycles. The topological polar surface area (TPSA) is 72.3 Å². The highest BCUT2D eigenvalue weighted by atomic mass is 16.1. The quantitative estimate of drug-likeness (QED) is 0.726. The minimum atomic E-state index is -0.244. The van der Waals surface area contributed by atoms with Gasteiger partial charge < -0.3 is 11.5 Å². The standard InChI is InChI=1S/C12H25N3O/c1-2-10-4-3-6-15(7-5-10)11(9-13)8-12(14)16/h10-11H,2-9,13H2,1H3,(H2,14,16). The predicted molar refractivity (Wildman–Crippen MR) is 65.9 cm³/mol. The number of likely N-dealkylation sites (tertiary alicyclic amines) is 1. The molecule has 4 heteroatoms. The molecule has 1 amide bonds. The van der Waals surface area contributed by atoms with Crippen molar-refractivity contribution in [1.29, 1.82) is 0 Å². The zero-order valence-corrected chi connectivity index (χ0v) is 10.3. The zero-order valence-electron chi connectivity index (χ0n) is 10.3. The van der Waals surface area contributed by atoms with E-state index in [0.29, 0.717) is 13.0 Å². The van der Waals surface area contributed by atoms with E-state index >= 15 is 0 Å². The lowest BCUT2D eigenvalue weighted by molar-refractivity contribution is -0.119. The molecule has 0 radical (unpaired) electrons. The molecule has 0 bridgehead atoms. The average Bonchev–Trinajstić information content (AvgIpc) is 2.50. The summed E-state index contributed by atoms with van der Waals surface area (Å²) in [7, 11) is 0. The van der Waals surface area contributed by atoms with Crippen LogP contribution in [0.1, 0.15) is 39.0 Å². The van der Waals surface area contributed by atoms with Crippen LogP contribution in [-0.4, -0.2) is 36.5 Å². The monoisotopic (exact) mass is 227 g/mol. The van der Waals surface area contributed by atoms with Crippen LogP contribution >= 0.6 is 0 Å². The third-order valence-corrected chi connectivity index (χ3v) is 3.68. The first-order valence-corrected chi connectivity index (χ1v) is 6.39. The largest absolute Gasteiger partial charge is 0.370 e. The van der Waals surface area contributed by atoms with E-state index in [1.54, 1.807) is 0 Å². The van der Waals surface area contributed by atoms with Gasteiger partial charge in [-0.3, -0.25) is 9.69 Å². The molecule has 4 N–H and O–H groups in total. The Morgan fingerprint density at radius 3 is 2.75 bits per heavy atom. The highest BCUT2D eigenvalue weighted by molar-refractivity contribution is 5.74. The fourth-order valence-electron chi connectivity index (χ4n) is 2.55. The van der Waals surface area contributed by atoms with E-state index in [1.807, 2.05) is 0 Å². The smallest absolute Gasteiger partial charge is 0.219 e. The molecule has 1 aliphatic rings. The van der Waals surface area contributed by atoms with Crippen LogP contribution in [0, 0.1) is 5.92 Å². The second-order valence-electron chi connectivity index (χ2n) is 4.80. The highest BCUT2D eigenvalue weighted by Crippen LogP contribution is 2.21. The number of hydrogen-bond acceptors (Lipinski definition) is 3. The molecule has 1 rings (SSSR count). The molecule has 1 heterocycles. The molecular formula is C12H25N3O. The fourth-order valence-corrected chi connectivity index (χ4v) is 2.55. The summed E-state index contributed by atoms with van der Waals surface area (Å²) in [5.74, 6) is 0.601. The lowest BCUT2D eigenvalue weighted by atomic mass is 9.98. The number of carbonyl (C=O) groups is 1. The van der Waals surface area contributed by atoms with Gasteiger partial charge in [-0.15, -0.1) is 0 Å². The number of rotatable bonds is 5. The first-order chi connectivity index (χ1) is 7.67. The number of hydrogen-bond donors (Lipinski definition) is 2. The molecule has 4 nitrogen and oxygen atoms in total. The van der Waals surface area contributed by atoms with Crippen molar-refractivity contribution in [3.63, 3.8) is 0 Å². The van der Waals surface area contributed by atoms with Crippen LogP contribution in [0.4, 0.5) is 0 Å². The molecule has 0 aromatic rings. The van der Waals surface area contributed by atoms with Crippen molar-refractivity contribution < 1.29 is 4.79 Å². The third kappa shape index (κ3) is 4.10. The summed E-state index contributed by atoms with van der Waals surface area (Å²) in [5, 5.41) is 0. The summed E-state index contributed by atoms with van der Waals surface area (Å²) < 4.78 is 0. The van der Waals surface area contributed by atoms with Crippen LogP contribution in [0.2, 0.25) is 0 Å². The first-order valence-electron chi connectivity index (χ1n) is 6.39. The number of amides is 1. The summed E-state index contributed by atoms with van der Waals surface area (Å²) in [6, 6.07) is 0.146. The first kappa shape index (κ1) is 13.5.